The van der Waals surface area contributed by atoms with Gasteiger partial charge in [0.2, 0.25) is 5.91 Å². The summed E-state index contributed by atoms with van der Waals surface area (Å²) in [6.45, 7) is 9.12. The highest BCUT2D eigenvalue weighted by atomic mass is 16.6. The van der Waals surface area contributed by atoms with Crippen LogP contribution in [0.4, 0.5) is 21.0 Å². The molecule has 8 nitrogen and oxygen atoms in total. The minimum absolute atomic E-state index is 0.0318. The van der Waals surface area contributed by atoms with Crippen molar-refractivity contribution in [1.29, 1.82) is 0 Å². The van der Waals surface area contributed by atoms with Crippen LogP contribution in [0, 0.1) is 12.8 Å². The van der Waals surface area contributed by atoms with Gasteiger partial charge in [0.15, 0.2) is 0 Å². The number of rotatable bonds is 3. The number of amides is 4. The number of nitrogens with zero attached hydrogens (tertiary/aromatic N) is 2. The van der Waals surface area contributed by atoms with E-state index in [1.54, 1.807) is 15.9 Å². The number of ether oxygens (including phenoxy) is 1. The van der Waals surface area contributed by atoms with E-state index < -0.39 is 5.60 Å². The van der Waals surface area contributed by atoms with E-state index in [0.29, 0.717) is 37.6 Å². The topological polar surface area (TPSA) is 91.0 Å². The van der Waals surface area contributed by atoms with Crippen LogP contribution >= 0.6 is 0 Å². The van der Waals surface area contributed by atoms with E-state index in [-0.39, 0.29) is 23.9 Å². The van der Waals surface area contributed by atoms with Crippen molar-refractivity contribution in [2.75, 3.05) is 36.8 Å². The summed E-state index contributed by atoms with van der Waals surface area (Å²) >= 11 is 0. The van der Waals surface area contributed by atoms with Crippen LogP contribution < -0.4 is 10.6 Å². The normalized spacial score (nSPS) is 17.0. The summed E-state index contributed by atoms with van der Waals surface area (Å²) < 4.78 is 5.38. The lowest BCUT2D eigenvalue weighted by molar-refractivity contribution is -0.117. The number of hydrogen-bond donors (Lipinski definition) is 2. The summed E-state index contributed by atoms with van der Waals surface area (Å²) in [6, 6.07) is 5.27. The van der Waals surface area contributed by atoms with Gasteiger partial charge in [-0.3, -0.25) is 4.79 Å². The van der Waals surface area contributed by atoms with E-state index in [4.69, 9.17) is 4.74 Å². The van der Waals surface area contributed by atoms with E-state index in [1.807, 2.05) is 39.8 Å². The van der Waals surface area contributed by atoms with E-state index >= 15 is 0 Å². The molecule has 1 aromatic rings. The van der Waals surface area contributed by atoms with Gasteiger partial charge in [0.05, 0.1) is 0 Å². The molecule has 0 unspecified atom stereocenters. The highest BCUT2D eigenvalue weighted by molar-refractivity contribution is 5.96. The summed E-state index contributed by atoms with van der Waals surface area (Å²) in [5.41, 5.74) is 1.72. The molecular weight excluding hydrogens is 372 g/mol. The molecule has 158 valence electrons. The predicted molar refractivity (Wildman–Crippen MR) is 111 cm³/mol. The minimum Gasteiger partial charge on any atom is -0.444 e. The molecule has 29 heavy (non-hydrogen) atoms. The molecule has 2 aliphatic rings. The van der Waals surface area contributed by atoms with Crippen LogP contribution in [-0.2, 0) is 9.53 Å². The second-order valence-corrected chi connectivity index (χ2v) is 8.68. The highest BCUT2D eigenvalue weighted by Gasteiger charge is 2.30. The molecule has 1 saturated heterocycles. The fraction of sp³-hybridized carbons (Fsp3) is 0.571. The maximum atomic E-state index is 12.7. The van der Waals surface area contributed by atoms with Crippen LogP contribution in [-0.4, -0.2) is 59.6 Å². The zero-order valence-corrected chi connectivity index (χ0v) is 17.6. The van der Waals surface area contributed by atoms with Gasteiger partial charge in [-0.25, -0.2) is 9.59 Å². The zero-order chi connectivity index (χ0) is 21.2. The fourth-order valence-electron chi connectivity index (χ4n) is 3.04. The van der Waals surface area contributed by atoms with Gasteiger partial charge < -0.3 is 25.2 Å². The molecule has 8 heteroatoms. The van der Waals surface area contributed by atoms with Crippen LogP contribution in [0.15, 0.2) is 18.2 Å². The monoisotopic (exact) mass is 402 g/mol. The second-order valence-electron chi connectivity index (χ2n) is 8.68. The lowest BCUT2D eigenvalue weighted by Gasteiger charge is -2.35. The Morgan fingerprint density at radius 2 is 1.62 bits per heavy atom. The fourth-order valence-corrected chi connectivity index (χ4v) is 3.04. The summed E-state index contributed by atoms with van der Waals surface area (Å²) in [5.74, 6) is 0.153. The van der Waals surface area contributed by atoms with Crippen LogP contribution in [0.5, 0.6) is 0 Å². The number of benzene rings is 1. The first kappa shape index (κ1) is 21.0. The summed E-state index contributed by atoms with van der Waals surface area (Å²) in [7, 11) is 0. The molecule has 0 bridgehead atoms. The van der Waals surface area contributed by atoms with Crippen molar-refractivity contribution < 1.29 is 19.1 Å². The quantitative estimate of drug-likeness (QED) is 0.810. The van der Waals surface area contributed by atoms with Crippen molar-refractivity contribution in [3.05, 3.63) is 23.8 Å². The Kier molecular flexibility index (Phi) is 6.00. The molecule has 1 saturated carbocycles. The number of carbonyl (C=O) groups excluding carboxylic acids is 3. The average molecular weight is 402 g/mol. The van der Waals surface area contributed by atoms with Crippen molar-refractivity contribution in [3.8, 4) is 0 Å². The van der Waals surface area contributed by atoms with E-state index in [9.17, 15) is 14.4 Å². The molecule has 0 atom stereocenters. The van der Waals surface area contributed by atoms with E-state index in [1.165, 1.54) is 0 Å². The Balaban J connectivity index is 1.54. The molecule has 1 aliphatic carbocycles. The summed E-state index contributed by atoms with van der Waals surface area (Å²) in [5, 5.41) is 5.82. The number of urea groups is 1. The molecule has 2 N–H and O–H groups in total. The maximum Gasteiger partial charge on any atom is 0.410 e. The largest absolute Gasteiger partial charge is 0.444 e. The van der Waals surface area contributed by atoms with Crippen molar-refractivity contribution in [2.24, 2.45) is 5.92 Å². The molecular formula is C21H30N4O4. The van der Waals surface area contributed by atoms with Gasteiger partial charge in [0, 0.05) is 43.5 Å². The SMILES string of the molecule is Cc1ccc(NC(=O)C2CC2)cc1NC(=O)N1CCN(C(=O)OC(C)(C)C)CC1. The number of hydrogen-bond acceptors (Lipinski definition) is 4. The standard InChI is InChI=1S/C21H30N4O4/c1-14-5-8-16(22-18(26)15-6-7-15)13-17(14)23-19(27)24-9-11-25(12-10-24)20(28)29-21(2,3)4/h5,8,13,15H,6-7,9-12H2,1-4H3,(H,22,26)(H,23,27). The molecule has 2 fully saturated rings. The van der Waals surface area contributed by atoms with Gasteiger partial charge in [-0.15, -0.1) is 0 Å². The van der Waals surface area contributed by atoms with Gasteiger partial charge in [-0.1, -0.05) is 6.07 Å². The maximum absolute atomic E-state index is 12.7. The molecule has 0 radical (unpaired) electrons. The number of carbonyl (C=O) groups is 3. The zero-order valence-electron chi connectivity index (χ0n) is 17.6. The van der Waals surface area contributed by atoms with Crippen molar-refractivity contribution in [2.45, 2.75) is 46.1 Å². The number of anilines is 2. The van der Waals surface area contributed by atoms with Gasteiger partial charge in [-0.2, -0.15) is 0 Å². The molecule has 4 amide bonds. The van der Waals surface area contributed by atoms with Crippen molar-refractivity contribution >= 4 is 29.4 Å². The molecule has 1 aliphatic heterocycles. The number of nitrogens with one attached hydrogen (secondary N) is 2. The first-order chi connectivity index (χ1) is 13.6. The Morgan fingerprint density at radius 3 is 2.21 bits per heavy atom. The number of aryl methyl sites for hydroxylation is 1. The van der Waals surface area contributed by atoms with Crippen LogP contribution in [0.1, 0.15) is 39.2 Å². The van der Waals surface area contributed by atoms with Crippen LogP contribution in [0.2, 0.25) is 0 Å². The Bertz CT molecular complexity index is 790. The molecule has 3 rings (SSSR count). The lowest BCUT2D eigenvalue weighted by atomic mass is 10.1. The summed E-state index contributed by atoms with van der Waals surface area (Å²) in [4.78, 5) is 40.1. The van der Waals surface area contributed by atoms with Gasteiger partial charge in [-0.05, 0) is 58.2 Å². The summed E-state index contributed by atoms with van der Waals surface area (Å²) in [6.07, 6.45) is 1.53. The second kappa shape index (κ2) is 8.31. The third kappa shape index (κ3) is 5.85. The van der Waals surface area contributed by atoms with Crippen molar-refractivity contribution in [3.63, 3.8) is 0 Å². The van der Waals surface area contributed by atoms with Crippen molar-refractivity contribution in [1.82, 2.24) is 9.80 Å². The number of piperazine rings is 1. The minimum atomic E-state index is -0.539. The molecule has 1 heterocycles. The smallest absolute Gasteiger partial charge is 0.410 e. The van der Waals surface area contributed by atoms with Crippen LogP contribution in [0.25, 0.3) is 0 Å². The Labute approximate surface area is 171 Å². The van der Waals surface area contributed by atoms with E-state index in [2.05, 4.69) is 10.6 Å². The van der Waals surface area contributed by atoms with Gasteiger partial charge in [0.25, 0.3) is 0 Å². The molecule has 0 aromatic heterocycles. The predicted octanol–water partition coefficient (Wildman–Crippen LogP) is 3.43. The van der Waals surface area contributed by atoms with Gasteiger partial charge >= 0.3 is 12.1 Å². The third-order valence-corrected chi connectivity index (χ3v) is 4.91. The molecule has 0 spiro atoms. The van der Waals surface area contributed by atoms with E-state index in [0.717, 1.165) is 18.4 Å². The Hall–Kier alpha value is -2.77. The molecule has 1 aromatic carbocycles. The highest BCUT2D eigenvalue weighted by Crippen LogP contribution is 2.31. The third-order valence-electron chi connectivity index (χ3n) is 4.91. The first-order valence-electron chi connectivity index (χ1n) is 10.1. The lowest BCUT2D eigenvalue weighted by Crippen LogP contribution is -2.52. The van der Waals surface area contributed by atoms with Crippen LogP contribution in [0.3, 0.4) is 0 Å². The first-order valence-corrected chi connectivity index (χ1v) is 10.1. The average Bonchev–Trinajstić information content (AvgIpc) is 3.48. The van der Waals surface area contributed by atoms with Gasteiger partial charge in [0.1, 0.15) is 5.60 Å². The Morgan fingerprint density at radius 1 is 1.00 bits per heavy atom.